The summed E-state index contributed by atoms with van der Waals surface area (Å²) >= 11 is 0. The summed E-state index contributed by atoms with van der Waals surface area (Å²) in [6.07, 6.45) is 5.02. The lowest BCUT2D eigenvalue weighted by molar-refractivity contribution is 0.414. The lowest BCUT2D eigenvalue weighted by Crippen LogP contribution is -2.35. The zero-order chi connectivity index (χ0) is 31.4. The van der Waals surface area contributed by atoms with Crippen molar-refractivity contribution in [3.8, 4) is 5.75 Å². The summed E-state index contributed by atoms with van der Waals surface area (Å²) in [5, 5.41) is 4.95. The van der Waals surface area contributed by atoms with Crippen LogP contribution in [0.1, 0.15) is 77.2 Å². The van der Waals surface area contributed by atoms with Gasteiger partial charge in [0.2, 0.25) is 0 Å². The number of rotatable bonds is 9. The number of aryl methyl sites for hydroxylation is 2. The third-order valence-corrected chi connectivity index (χ3v) is 9.25. The van der Waals surface area contributed by atoms with Crippen molar-refractivity contribution in [2.24, 2.45) is 4.99 Å². The van der Waals surface area contributed by atoms with Gasteiger partial charge in [0.25, 0.3) is 5.56 Å². The van der Waals surface area contributed by atoms with Gasteiger partial charge in [0.05, 0.1) is 30.7 Å². The number of hydrogen-bond donors (Lipinski definition) is 0. The summed E-state index contributed by atoms with van der Waals surface area (Å²) in [5.41, 5.74) is 10.3. The molecule has 1 aromatic heterocycles. The van der Waals surface area contributed by atoms with Crippen LogP contribution in [0.3, 0.4) is 0 Å². The van der Waals surface area contributed by atoms with Gasteiger partial charge in [0.1, 0.15) is 5.75 Å². The number of aromatic nitrogens is 2. The van der Waals surface area contributed by atoms with E-state index in [2.05, 4.69) is 87.5 Å². The predicted molar refractivity (Wildman–Crippen MR) is 183 cm³/mol. The highest BCUT2D eigenvalue weighted by Gasteiger charge is 2.34. The Labute approximate surface area is 266 Å². The molecular weight excluding hydrogens is 554 g/mol. The molecule has 1 aliphatic rings. The van der Waals surface area contributed by atoms with E-state index in [1.807, 2.05) is 36.4 Å². The second kappa shape index (κ2) is 13.1. The molecule has 5 nitrogen and oxygen atoms in total. The van der Waals surface area contributed by atoms with Gasteiger partial charge in [-0.2, -0.15) is 5.10 Å². The maximum absolute atomic E-state index is 13.9. The quantitative estimate of drug-likeness (QED) is 0.161. The van der Waals surface area contributed by atoms with E-state index < -0.39 is 0 Å². The molecule has 45 heavy (non-hydrogen) atoms. The first kappa shape index (κ1) is 30.3. The average Bonchev–Trinajstić information content (AvgIpc) is 3.51. The fraction of sp³-hybridized carbons (Fsp3) is 0.275. The topological polar surface area (TPSA) is 56.5 Å². The Hall–Kier alpha value is -4.77. The fourth-order valence-corrected chi connectivity index (χ4v) is 6.66. The van der Waals surface area contributed by atoms with Crippen molar-refractivity contribution in [1.29, 1.82) is 0 Å². The minimum absolute atomic E-state index is 0.0199. The molecule has 228 valence electrons. The van der Waals surface area contributed by atoms with Crippen LogP contribution >= 0.6 is 0 Å². The summed E-state index contributed by atoms with van der Waals surface area (Å²) in [6.45, 7) is 6.98. The van der Waals surface area contributed by atoms with Gasteiger partial charge >= 0.3 is 0 Å². The Bertz CT molecular complexity index is 1800. The molecule has 5 aromatic rings. The molecule has 1 saturated carbocycles. The molecule has 1 aliphatic carbocycles. The van der Waals surface area contributed by atoms with Crippen LogP contribution in [0.5, 0.6) is 5.75 Å². The molecule has 0 radical (unpaired) electrons. The summed E-state index contributed by atoms with van der Waals surface area (Å²) in [4.78, 5) is 19.0. The molecule has 4 aromatic carbocycles. The minimum Gasteiger partial charge on any atom is -0.497 e. The SMILES string of the molecule is COc1ccc(Cn2nc(Cc3c(C)cc(N=C(c4ccccc4)c4ccccc4)cc3C)cc(C3(C)CCCC3)c2=O)cc1. The molecule has 0 bridgehead atoms. The molecule has 0 unspecified atom stereocenters. The molecular formula is C40H41N3O2. The van der Waals surface area contributed by atoms with Crippen LogP contribution in [0.25, 0.3) is 0 Å². The van der Waals surface area contributed by atoms with E-state index in [1.165, 1.54) is 5.56 Å². The van der Waals surface area contributed by atoms with Gasteiger partial charge in [-0.3, -0.25) is 4.79 Å². The van der Waals surface area contributed by atoms with E-state index in [-0.39, 0.29) is 11.0 Å². The van der Waals surface area contributed by atoms with Gasteiger partial charge in [0.15, 0.2) is 0 Å². The first-order valence-corrected chi connectivity index (χ1v) is 15.9. The van der Waals surface area contributed by atoms with E-state index >= 15 is 0 Å². The van der Waals surface area contributed by atoms with Crippen molar-refractivity contribution in [1.82, 2.24) is 9.78 Å². The highest BCUT2D eigenvalue weighted by molar-refractivity contribution is 6.13. The molecule has 1 fully saturated rings. The molecule has 0 N–H and O–H groups in total. The third kappa shape index (κ3) is 6.68. The van der Waals surface area contributed by atoms with Gasteiger partial charge in [0, 0.05) is 23.1 Å². The van der Waals surface area contributed by atoms with Crippen molar-refractivity contribution in [3.63, 3.8) is 0 Å². The number of benzene rings is 4. The third-order valence-electron chi connectivity index (χ3n) is 9.25. The Morgan fingerprint density at radius 1 is 0.844 bits per heavy atom. The summed E-state index contributed by atoms with van der Waals surface area (Å²) < 4.78 is 7.01. The molecule has 5 heteroatoms. The van der Waals surface area contributed by atoms with Crippen molar-refractivity contribution >= 4 is 11.4 Å². The summed E-state index contributed by atoms with van der Waals surface area (Å²) in [7, 11) is 1.66. The zero-order valence-corrected chi connectivity index (χ0v) is 26.7. The Morgan fingerprint density at radius 2 is 1.42 bits per heavy atom. The summed E-state index contributed by atoms with van der Waals surface area (Å²) in [6, 6.07) is 35.0. The number of ether oxygens (including phenoxy) is 1. The highest BCUT2D eigenvalue weighted by Crippen LogP contribution is 2.39. The number of methoxy groups -OCH3 is 1. The average molecular weight is 596 g/mol. The molecule has 0 spiro atoms. The van der Waals surface area contributed by atoms with Crippen LogP contribution in [0.4, 0.5) is 5.69 Å². The molecule has 0 atom stereocenters. The van der Waals surface area contributed by atoms with Crippen LogP contribution in [0, 0.1) is 13.8 Å². The van der Waals surface area contributed by atoms with E-state index in [0.717, 1.165) is 81.9 Å². The van der Waals surface area contributed by atoms with Gasteiger partial charge < -0.3 is 4.74 Å². The maximum atomic E-state index is 13.9. The smallest absolute Gasteiger partial charge is 0.270 e. The van der Waals surface area contributed by atoms with Crippen LogP contribution in [-0.4, -0.2) is 22.6 Å². The van der Waals surface area contributed by atoms with Crippen LogP contribution in [0.15, 0.2) is 113 Å². The Morgan fingerprint density at radius 3 is 1.98 bits per heavy atom. The Balaban J connectivity index is 1.37. The molecule has 0 saturated heterocycles. The van der Waals surface area contributed by atoms with Crippen molar-refractivity contribution < 1.29 is 4.74 Å². The van der Waals surface area contributed by atoms with E-state index in [0.29, 0.717) is 13.0 Å². The molecule has 0 aliphatic heterocycles. The van der Waals surface area contributed by atoms with Crippen molar-refractivity contribution in [3.05, 3.63) is 158 Å². The fourth-order valence-electron chi connectivity index (χ4n) is 6.66. The van der Waals surface area contributed by atoms with E-state index in [4.69, 9.17) is 14.8 Å². The standard InChI is InChI=1S/C40H41N3O2/c1-28-23-33(41-38(31-13-7-5-8-14-31)32-15-9-6-10-16-32)24-29(2)36(28)25-34-26-37(40(3)21-11-12-22-40)39(44)43(42-34)27-30-17-19-35(45-4)20-18-30/h5-10,13-20,23-24,26H,11-12,21-22,25,27H2,1-4H3. The second-order valence-corrected chi connectivity index (χ2v) is 12.6. The van der Waals surface area contributed by atoms with Crippen LogP contribution in [0.2, 0.25) is 0 Å². The monoisotopic (exact) mass is 595 g/mol. The summed E-state index contributed by atoms with van der Waals surface area (Å²) in [5.74, 6) is 0.797. The predicted octanol–water partition coefficient (Wildman–Crippen LogP) is 8.51. The largest absolute Gasteiger partial charge is 0.497 e. The lowest BCUT2D eigenvalue weighted by Gasteiger charge is -2.25. The van der Waals surface area contributed by atoms with Crippen molar-refractivity contribution in [2.45, 2.75) is 64.8 Å². The maximum Gasteiger partial charge on any atom is 0.270 e. The normalized spacial score (nSPS) is 13.9. The number of nitrogens with zero attached hydrogens (tertiary/aromatic N) is 3. The van der Waals surface area contributed by atoms with Gasteiger partial charge in [-0.15, -0.1) is 0 Å². The van der Waals surface area contributed by atoms with Crippen LogP contribution in [-0.2, 0) is 18.4 Å². The van der Waals surface area contributed by atoms with E-state index in [9.17, 15) is 4.79 Å². The lowest BCUT2D eigenvalue weighted by atomic mass is 9.81. The molecule has 1 heterocycles. The zero-order valence-electron chi connectivity index (χ0n) is 26.7. The van der Waals surface area contributed by atoms with Gasteiger partial charge in [-0.05, 0) is 84.7 Å². The van der Waals surface area contributed by atoms with Crippen LogP contribution < -0.4 is 10.3 Å². The Kier molecular flexibility index (Phi) is 8.79. The van der Waals surface area contributed by atoms with Gasteiger partial charge in [-0.25, -0.2) is 9.67 Å². The van der Waals surface area contributed by atoms with E-state index in [1.54, 1.807) is 11.8 Å². The molecule has 0 amide bonds. The first-order valence-electron chi connectivity index (χ1n) is 15.9. The molecule has 6 rings (SSSR count). The highest BCUT2D eigenvalue weighted by atomic mass is 16.5. The number of aliphatic imine (C=N–C) groups is 1. The number of hydrogen-bond acceptors (Lipinski definition) is 4. The minimum atomic E-state index is -0.121. The van der Waals surface area contributed by atoms with Crippen molar-refractivity contribution in [2.75, 3.05) is 7.11 Å². The second-order valence-electron chi connectivity index (χ2n) is 12.6. The van der Waals surface area contributed by atoms with Gasteiger partial charge in [-0.1, -0.05) is 92.6 Å². The first-order chi connectivity index (χ1) is 21.8.